The molecule has 0 aliphatic rings. The molecule has 0 radical (unpaired) electrons. The van der Waals surface area contributed by atoms with Crippen molar-refractivity contribution in [1.29, 1.82) is 0 Å². The van der Waals surface area contributed by atoms with Crippen LogP contribution in [0.25, 0.3) is 12.2 Å². The van der Waals surface area contributed by atoms with Gasteiger partial charge in [0, 0.05) is 6.08 Å². The van der Waals surface area contributed by atoms with E-state index < -0.39 is 5.97 Å². The van der Waals surface area contributed by atoms with Gasteiger partial charge < -0.3 is 9.90 Å². The first-order valence-electron chi connectivity index (χ1n) is 4.77. The van der Waals surface area contributed by atoms with E-state index in [9.17, 15) is 9.59 Å². The van der Waals surface area contributed by atoms with Crippen LogP contribution in [0.1, 0.15) is 11.1 Å². The first-order chi connectivity index (χ1) is 7.58. The molecule has 1 N–H and O–H groups in total. The number of benzene rings is 1. The molecular weight excluding hydrogens is 219 g/mol. The Morgan fingerprint density at radius 3 is 1.81 bits per heavy atom. The first kappa shape index (κ1) is 12.4. The van der Waals surface area contributed by atoms with E-state index in [-0.39, 0.29) is 4.65 Å². The van der Waals surface area contributed by atoms with Gasteiger partial charge in [-0.05, 0) is 23.3 Å². The number of carbonyl (C=O) groups is 2. The summed E-state index contributed by atoms with van der Waals surface area (Å²) in [6.07, 6.45) is 5.91. The van der Waals surface area contributed by atoms with Crippen molar-refractivity contribution in [3.63, 3.8) is 0 Å². The van der Waals surface area contributed by atoms with Crippen LogP contribution in [0.15, 0.2) is 36.4 Å². The fourth-order valence-corrected chi connectivity index (χ4v) is 1.27. The zero-order valence-electron chi connectivity index (χ0n) is 8.88. The van der Waals surface area contributed by atoms with Crippen LogP contribution in [0, 0.1) is 0 Å². The SMILES string of the molecule is O=C(O)/C=C/c1ccc(/C=C/[C](=O)[AlH2])cc1. The summed E-state index contributed by atoms with van der Waals surface area (Å²) in [4.78, 5) is 21.0. The lowest BCUT2D eigenvalue weighted by Gasteiger charge is -1.95. The van der Waals surface area contributed by atoms with Gasteiger partial charge in [0.15, 0.2) is 0 Å². The Kier molecular flexibility index (Phi) is 4.72. The highest BCUT2D eigenvalue weighted by atomic mass is 27.0. The minimum atomic E-state index is -0.967. The molecule has 16 heavy (non-hydrogen) atoms. The minimum Gasteiger partial charge on any atom is -0.478 e. The molecule has 0 aromatic heterocycles. The van der Waals surface area contributed by atoms with Crippen LogP contribution in [0.5, 0.6) is 0 Å². The Morgan fingerprint density at radius 2 is 1.44 bits per heavy atom. The van der Waals surface area contributed by atoms with Gasteiger partial charge in [0.25, 0.3) is 0 Å². The van der Waals surface area contributed by atoms with E-state index in [4.69, 9.17) is 5.11 Å². The van der Waals surface area contributed by atoms with Crippen LogP contribution in [-0.4, -0.2) is 32.0 Å². The molecule has 1 aromatic carbocycles. The molecular formula is C12H11AlO3. The number of carbonyl (C=O) groups excluding carboxylic acids is 1. The van der Waals surface area contributed by atoms with Crippen molar-refractivity contribution < 1.29 is 14.7 Å². The van der Waals surface area contributed by atoms with Crippen LogP contribution in [0.4, 0.5) is 0 Å². The Labute approximate surface area is 102 Å². The maximum Gasteiger partial charge on any atom is 0.328 e. The highest BCUT2D eigenvalue weighted by molar-refractivity contribution is 6.61. The molecule has 0 heterocycles. The third-order valence-corrected chi connectivity index (χ3v) is 2.20. The predicted octanol–water partition coefficient (Wildman–Crippen LogP) is 0.957. The number of carboxylic acid groups (broad SMARTS) is 1. The van der Waals surface area contributed by atoms with Crippen molar-refractivity contribution in [2.45, 2.75) is 0 Å². The molecule has 0 fully saturated rings. The van der Waals surface area contributed by atoms with Crippen molar-refractivity contribution in [2.75, 3.05) is 0 Å². The van der Waals surface area contributed by atoms with Gasteiger partial charge in [-0.15, -0.1) is 0 Å². The van der Waals surface area contributed by atoms with E-state index >= 15 is 0 Å². The zero-order chi connectivity index (χ0) is 12.0. The monoisotopic (exact) mass is 230 g/mol. The Balaban J connectivity index is 2.75. The largest absolute Gasteiger partial charge is 0.478 e. The van der Waals surface area contributed by atoms with Crippen LogP contribution < -0.4 is 0 Å². The van der Waals surface area contributed by atoms with Crippen LogP contribution >= 0.6 is 0 Å². The summed E-state index contributed by atoms with van der Waals surface area (Å²) in [5, 5.41) is 8.44. The molecule has 0 saturated heterocycles. The Hall–Kier alpha value is -1.63. The van der Waals surface area contributed by atoms with Crippen LogP contribution in [0.3, 0.4) is 0 Å². The molecule has 0 unspecified atom stereocenters. The van der Waals surface area contributed by atoms with Crippen molar-refractivity contribution in [3.8, 4) is 0 Å². The molecule has 0 aliphatic carbocycles. The topological polar surface area (TPSA) is 54.4 Å². The molecule has 0 spiro atoms. The molecule has 3 nitrogen and oxygen atoms in total. The average Bonchev–Trinajstić information content (AvgIpc) is 2.25. The standard InChI is InChI=1S/C12H9O3.Al.2H/c13-9-1-2-10-3-5-11(6-4-10)7-8-12(14)15;;;/h1-8H,(H,14,15);;;/b2-1+,8-7+;;;. The number of aliphatic carboxylic acids is 1. The highest BCUT2D eigenvalue weighted by Crippen LogP contribution is 2.07. The smallest absolute Gasteiger partial charge is 0.328 e. The lowest BCUT2D eigenvalue weighted by Crippen LogP contribution is -1.87. The molecule has 0 aliphatic heterocycles. The Morgan fingerprint density at radius 1 is 1.00 bits per heavy atom. The van der Waals surface area contributed by atoms with Crippen LogP contribution in [0.2, 0.25) is 0 Å². The summed E-state index contributed by atoms with van der Waals surface area (Å²) in [7, 11) is 0. The normalized spacial score (nSPS) is 11.0. The van der Waals surface area contributed by atoms with Crippen molar-refractivity contribution in [1.82, 2.24) is 0 Å². The van der Waals surface area contributed by atoms with Crippen molar-refractivity contribution >= 4 is 39.1 Å². The quantitative estimate of drug-likeness (QED) is 0.619. The summed E-state index contributed by atoms with van der Waals surface area (Å²) in [6, 6.07) is 7.28. The predicted molar refractivity (Wildman–Crippen MR) is 65.7 cm³/mol. The molecule has 4 heteroatoms. The van der Waals surface area contributed by atoms with Gasteiger partial charge in [0.05, 0.1) is 4.65 Å². The summed E-state index contributed by atoms with van der Waals surface area (Å²) in [5.41, 5.74) is 1.74. The average molecular weight is 230 g/mol. The second-order valence-electron chi connectivity index (χ2n) is 3.28. The number of hydrogen-bond acceptors (Lipinski definition) is 2. The molecule has 0 amide bonds. The molecule has 0 atom stereocenters. The van der Waals surface area contributed by atoms with E-state index in [2.05, 4.69) is 0 Å². The minimum absolute atomic E-state index is 0.134. The maximum absolute atomic E-state index is 10.8. The highest BCUT2D eigenvalue weighted by Gasteiger charge is 1.91. The number of allylic oxidation sites excluding steroid dienone is 1. The van der Waals surface area contributed by atoms with E-state index in [1.165, 1.54) is 6.08 Å². The molecule has 80 valence electrons. The van der Waals surface area contributed by atoms with Gasteiger partial charge in [-0.2, -0.15) is 0 Å². The third kappa shape index (κ3) is 4.74. The Bertz CT molecular complexity index is 401. The van der Waals surface area contributed by atoms with E-state index in [0.29, 0.717) is 16.3 Å². The fraction of sp³-hybridized carbons (Fsp3) is 0. The van der Waals surface area contributed by atoms with Gasteiger partial charge in [-0.25, -0.2) is 4.79 Å². The third-order valence-electron chi connectivity index (χ3n) is 1.87. The van der Waals surface area contributed by atoms with E-state index in [1.54, 1.807) is 24.3 Å². The maximum atomic E-state index is 10.8. The molecule has 0 saturated carbocycles. The summed E-state index contributed by atoms with van der Waals surface area (Å²) >= 11 is 0.525. The first-order valence-corrected chi connectivity index (χ1v) is 5.77. The summed E-state index contributed by atoms with van der Waals surface area (Å²) in [6.45, 7) is 0. The molecule has 1 aromatic rings. The number of carboxylic acids is 1. The number of hydrogen-bond donors (Lipinski definition) is 1. The van der Waals surface area contributed by atoms with Gasteiger partial charge in [0.1, 0.15) is 0 Å². The lowest BCUT2D eigenvalue weighted by atomic mass is 10.1. The van der Waals surface area contributed by atoms with E-state index in [0.717, 1.165) is 17.2 Å². The second kappa shape index (κ2) is 6.06. The number of rotatable bonds is 4. The van der Waals surface area contributed by atoms with Gasteiger partial charge >= 0.3 is 22.3 Å². The molecule has 1 rings (SSSR count). The van der Waals surface area contributed by atoms with Crippen molar-refractivity contribution in [2.24, 2.45) is 0 Å². The molecule has 0 bridgehead atoms. The van der Waals surface area contributed by atoms with Gasteiger partial charge in [-0.1, -0.05) is 30.3 Å². The van der Waals surface area contributed by atoms with Crippen LogP contribution in [-0.2, 0) is 9.59 Å². The summed E-state index contributed by atoms with van der Waals surface area (Å²) in [5.74, 6) is -0.967. The summed E-state index contributed by atoms with van der Waals surface area (Å²) < 4.78 is 0.134. The van der Waals surface area contributed by atoms with E-state index in [1.807, 2.05) is 12.1 Å². The fourth-order valence-electron chi connectivity index (χ4n) is 1.10. The van der Waals surface area contributed by atoms with Gasteiger partial charge in [-0.3, -0.25) is 0 Å². The van der Waals surface area contributed by atoms with Crippen molar-refractivity contribution in [3.05, 3.63) is 47.5 Å². The second-order valence-corrected chi connectivity index (χ2v) is 4.27. The lowest BCUT2D eigenvalue weighted by molar-refractivity contribution is -0.131. The van der Waals surface area contributed by atoms with Gasteiger partial charge in [0.2, 0.25) is 0 Å². The zero-order valence-corrected chi connectivity index (χ0v) is 10.9.